The molecular formula is C24H26N2O3S. The molecule has 0 aliphatic rings. The Morgan fingerprint density at radius 1 is 0.867 bits per heavy atom. The fourth-order valence-electron chi connectivity index (χ4n) is 2.95. The highest BCUT2D eigenvalue weighted by atomic mass is 32.2. The average molecular weight is 423 g/mol. The van der Waals surface area contributed by atoms with Crippen LogP contribution < -0.4 is 5.32 Å². The molecule has 3 rings (SSSR count). The number of nitrogens with zero attached hydrogens (tertiary/aromatic N) is 1. The second-order valence-corrected chi connectivity index (χ2v) is 9.38. The van der Waals surface area contributed by atoms with Crippen LogP contribution in [0.15, 0.2) is 83.8 Å². The zero-order chi connectivity index (χ0) is 21.7. The fraction of sp³-hybridized carbons (Fsp3) is 0.208. The molecule has 156 valence electrons. The Labute approximate surface area is 178 Å². The zero-order valence-electron chi connectivity index (χ0n) is 17.4. The van der Waals surface area contributed by atoms with Crippen molar-refractivity contribution in [2.75, 3.05) is 7.05 Å². The van der Waals surface area contributed by atoms with Crippen LogP contribution in [0, 0.1) is 0 Å². The van der Waals surface area contributed by atoms with E-state index < -0.39 is 10.0 Å². The van der Waals surface area contributed by atoms with E-state index in [1.54, 1.807) is 43.4 Å². The van der Waals surface area contributed by atoms with Crippen molar-refractivity contribution in [3.63, 3.8) is 0 Å². The molecule has 0 fully saturated rings. The predicted octanol–water partition coefficient (Wildman–Crippen LogP) is 4.31. The largest absolute Gasteiger partial charge is 0.348 e. The lowest BCUT2D eigenvalue weighted by atomic mass is 10.0. The summed E-state index contributed by atoms with van der Waals surface area (Å²) < 4.78 is 26.4. The highest BCUT2D eigenvalue weighted by molar-refractivity contribution is 7.89. The maximum atomic E-state index is 12.5. The van der Waals surface area contributed by atoms with Gasteiger partial charge in [-0.25, -0.2) is 8.42 Å². The van der Waals surface area contributed by atoms with Crippen LogP contribution in [-0.2, 0) is 16.6 Å². The van der Waals surface area contributed by atoms with E-state index in [0.29, 0.717) is 12.1 Å². The standard InChI is InChI=1S/C24H26N2O3S/c1-18(2)26(3)30(28,29)23-15-9-19(10-16-23)17-25-24(27)22-13-11-21(12-14-22)20-7-5-4-6-8-20/h4-16,18H,17H2,1-3H3,(H,25,27). The Morgan fingerprint density at radius 3 is 2.00 bits per heavy atom. The number of carbonyl (C=O) groups excluding carboxylic acids is 1. The number of nitrogens with one attached hydrogen (secondary N) is 1. The smallest absolute Gasteiger partial charge is 0.251 e. The summed E-state index contributed by atoms with van der Waals surface area (Å²) in [5.41, 5.74) is 3.56. The normalized spacial score (nSPS) is 11.6. The van der Waals surface area contributed by atoms with Gasteiger partial charge in [0.15, 0.2) is 0 Å². The number of sulfonamides is 1. The summed E-state index contributed by atoms with van der Waals surface area (Å²) in [5.74, 6) is -0.175. The van der Waals surface area contributed by atoms with Gasteiger partial charge < -0.3 is 5.32 Å². The first-order valence-electron chi connectivity index (χ1n) is 9.79. The highest BCUT2D eigenvalue weighted by Gasteiger charge is 2.22. The Bertz CT molecular complexity index is 1090. The molecule has 0 bridgehead atoms. The molecular weight excluding hydrogens is 396 g/mol. The number of hydrogen-bond donors (Lipinski definition) is 1. The van der Waals surface area contributed by atoms with Crippen molar-refractivity contribution in [1.82, 2.24) is 9.62 Å². The highest BCUT2D eigenvalue weighted by Crippen LogP contribution is 2.20. The Hall–Kier alpha value is -2.96. The number of rotatable bonds is 7. The first-order chi connectivity index (χ1) is 14.3. The minimum absolute atomic E-state index is 0.123. The summed E-state index contributed by atoms with van der Waals surface area (Å²) in [6.45, 7) is 3.97. The van der Waals surface area contributed by atoms with E-state index in [-0.39, 0.29) is 16.8 Å². The quantitative estimate of drug-likeness (QED) is 0.617. The maximum Gasteiger partial charge on any atom is 0.251 e. The second-order valence-electron chi connectivity index (χ2n) is 7.39. The van der Waals surface area contributed by atoms with Gasteiger partial charge in [-0.15, -0.1) is 0 Å². The summed E-state index contributed by atoms with van der Waals surface area (Å²) in [5, 5.41) is 2.87. The van der Waals surface area contributed by atoms with Crippen molar-refractivity contribution in [3.05, 3.63) is 90.0 Å². The van der Waals surface area contributed by atoms with Gasteiger partial charge in [0.2, 0.25) is 10.0 Å². The van der Waals surface area contributed by atoms with Crippen LogP contribution in [-0.4, -0.2) is 31.7 Å². The third kappa shape index (κ3) is 4.96. The van der Waals surface area contributed by atoms with Gasteiger partial charge in [0.25, 0.3) is 5.91 Å². The molecule has 0 aliphatic heterocycles. The molecule has 0 aromatic heterocycles. The number of amides is 1. The lowest BCUT2D eigenvalue weighted by Gasteiger charge is -2.21. The van der Waals surface area contributed by atoms with E-state index in [1.807, 2.05) is 56.3 Å². The molecule has 0 spiro atoms. The van der Waals surface area contributed by atoms with E-state index in [2.05, 4.69) is 5.32 Å². The van der Waals surface area contributed by atoms with Gasteiger partial charge in [-0.2, -0.15) is 4.31 Å². The number of carbonyl (C=O) groups is 1. The van der Waals surface area contributed by atoms with E-state index in [1.165, 1.54) is 4.31 Å². The lowest BCUT2D eigenvalue weighted by molar-refractivity contribution is 0.0951. The Balaban J connectivity index is 1.62. The average Bonchev–Trinajstić information content (AvgIpc) is 2.77. The van der Waals surface area contributed by atoms with Crippen molar-refractivity contribution < 1.29 is 13.2 Å². The van der Waals surface area contributed by atoms with E-state index >= 15 is 0 Å². The number of benzene rings is 3. The van der Waals surface area contributed by atoms with Gasteiger partial charge in [-0.3, -0.25) is 4.79 Å². The Kier molecular flexibility index (Phi) is 6.70. The second kappa shape index (κ2) is 9.24. The van der Waals surface area contributed by atoms with Crippen molar-refractivity contribution in [3.8, 4) is 11.1 Å². The van der Waals surface area contributed by atoms with Crippen LogP contribution in [0.2, 0.25) is 0 Å². The SMILES string of the molecule is CC(C)N(C)S(=O)(=O)c1ccc(CNC(=O)c2ccc(-c3ccccc3)cc2)cc1. The monoisotopic (exact) mass is 422 g/mol. The molecule has 1 amide bonds. The molecule has 0 unspecified atom stereocenters. The van der Waals surface area contributed by atoms with E-state index in [4.69, 9.17) is 0 Å². The zero-order valence-corrected chi connectivity index (χ0v) is 18.2. The third-order valence-electron chi connectivity index (χ3n) is 5.03. The number of hydrogen-bond acceptors (Lipinski definition) is 3. The van der Waals surface area contributed by atoms with Crippen molar-refractivity contribution in [1.29, 1.82) is 0 Å². The minimum atomic E-state index is -3.51. The van der Waals surface area contributed by atoms with Crippen molar-refractivity contribution in [2.45, 2.75) is 31.3 Å². The molecule has 3 aromatic carbocycles. The van der Waals surface area contributed by atoms with Gasteiger partial charge in [-0.1, -0.05) is 54.6 Å². The molecule has 1 N–H and O–H groups in total. The molecule has 0 saturated heterocycles. The molecule has 5 nitrogen and oxygen atoms in total. The summed E-state index contributed by atoms with van der Waals surface area (Å²) in [4.78, 5) is 12.7. The topological polar surface area (TPSA) is 66.5 Å². The molecule has 3 aromatic rings. The molecule has 0 heterocycles. The van der Waals surface area contributed by atoms with E-state index in [9.17, 15) is 13.2 Å². The molecule has 30 heavy (non-hydrogen) atoms. The molecule has 0 saturated carbocycles. The van der Waals surface area contributed by atoms with Gasteiger partial charge in [0.05, 0.1) is 4.90 Å². The van der Waals surface area contributed by atoms with Crippen LogP contribution in [0.25, 0.3) is 11.1 Å². The first kappa shape index (κ1) is 21.7. The lowest BCUT2D eigenvalue weighted by Crippen LogP contribution is -2.33. The Morgan fingerprint density at radius 2 is 1.43 bits per heavy atom. The van der Waals surface area contributed by atoms with Gasteiger partial charge >= 0.3 is 0 Å². The van der Waals surface area contributed by atoms with Crippen molar-refractivity contribution >= 4 is 15.9 Å². The van der Waals surface area contributed by atoms with Crippen LogP contribution in [0.3, 0.4) is 0 Å². The van der Waals surface area contributed by atoms with Gasteiger partial charge in [0.1, 0.15) is 0 Å². The maximum absolute atomic E-state index is 12.5. The molecule has 0 radical (unpaired) electrons. The van der Waals surface area contributed by atoms with Crippen molar-refractivity contribution in [2.24, 2.45) is 0 Å². The summed E-state index contributed by atoms with van der Waals surface area (Å²) in [6, 6.07) is 23.9. The molecule has 0 atom stereocenters. The predicted molar refractivity (Wildman–Crippen MR) is 120 cm³/mol. The van der Waals surface area contributed by atoms with Crippen LogP contribution in [0.5, 0.6) is 0 Å². The summed E-state index contributed by atoms with van der Waals surface area (Å²) >= 11 is 0. The van der Waals surface area contributed by atoms with Gasteiger partial charge in [0, 0.05) is 25.2 Å². The molecule has 0 aliphatic carbocycles. The summed E-state index contributed by atoms with van der Waals surface area (Å²) in [6.07, 6.45) is 0. The van der Waals surface area contributed by atoms with Crippen LogP contribution in [0.4, 0.5) is 0 Å². The molecule has 6 heteroatoms. The third-order valence-corrected chi connectivity index (χ3v) is 7.08. The minimum Gasteiger partial charge on any atom is -0.348 e. The van der Waals surface area contributed by atoms with E-state index in [0.717, 1.165) is 16.7 Å². The van der Waals surface area contributed by atoms with Gasteiger partial charge in [-0.05, 0) is 54.8 Å². The first-order valence-corrected chi connectivity index (χ1v) is 11.2. The van der Waals surface area contributed by atoms with Crippen LogP contribution >= 0.6 is 0 Å². The van der Waals surface area contributed by atoms with Crippen LogP contribution in [0.1, 0.15) is 29.8 Å². The summed E-state index contributed by atoms with van der Waals surface area (Å²) in [7, 11) is -1.94. The fourth-order valence-corrected chi connectivity index (χ4v) is 4.32.